The summed E-state index contributed by atoms with van der Waals surface area (Å²) < 4.78 is 0. The third kappa shape index (κ3) is 2.34. The van der Waals surface area contributed by atoms with Crippen molar-refractivity contribution in [1.82, 2.24) is 20.2 Å². The molecule has 0 amide bonds. The predicted molar refractivity (Wildman–Crippen MR) is 81.0 cm³/mol. The molecule has 0 aliphatic rings. The smallest absolute Gasteiger partial charge is 0.274 e. The van der Waals surface area contributed by atoms with Gasteiger partial charge in [-0.15, -0.1) is 20.4 Å². The molecule has 0 saturated carbocycles. The third-order valence-corrected chi connectivity index (χ3v) is 3.30. The molecule has 0 atom stereocenters. The molecule has 8 nitrogen and oxygen atoms in total. The van der Waals surface area contributed by atoms with Crippen LogP contribution in [0.4, 0.5) is 11.6 Å². The maximum absolute atomic E-state index is 11.5. The van der Waals surface area contributed by atoms with Crippen molar-refractivity contribution in [3.63, 3.8) is 0 Å². The quantitative estimate of drug-likeness (QED) is 0.630. The second-order valence-corrected chi connectivity index (χ2v) is 5.09. The lowest BCUT2D eigenvalue weighted by Crippen LogP contribution is -2.12. The van der Waals surface area contributed by atoms with Crippen LogP contribution >= 0.6 is 0 Å². The van der Waals surface area contributed by atoms with Gasteiger partial charge < -0.3 is 10.1 Å². The first-order valence-electron chi connectivity index (χ1n) is 6.63. The molecule has 0 spiro atoms. The Hall–Kier alpha value is -3.03. The number of H-pyrrole nitrogens is 2. The van der Waals surface area contributed by atoms with Crippen LogP contribution in [0.3, 0.4) is 0 Å². The highest BCUT2D eigenvalue weighted by molar-refractivity contribution is 5.96. The Labute approximate surface area is 125 Å². The van der Waals surface area contributed by atoms with Crippen LogP contribution in [-0.4, -0.2) is 25.3 Å². The molecule has 3 N–H and O–H groups in total. The number of fused-ring (bicyclic) bond motifs is 1. The normalized spacial score (nSPS) is 11.6. The molecule has 3 rings (SSSR count). The van der Waals surface area contributed by atoms with Crippen LogP contribution in [-0.2, 0) is 0 Å². The minimum Gasteiger partial charge on any atom is -0.493 e. The first-order chi connectivity index (χ1) is 10.5. The Bertz CT molecular complexity index is 954. The zero-order chi connectivity index (χ0) is 15.9. The Kier molecular flexibility index (Phi) is 3.21. The Morgan fingerprint density at radius 3 is 2.59 bits per heavy atom. The van der Waals surface area contributed by atoms with E-state index in [1.165, 1.54) is 0 Å². The molecule has 0 radical (unpaired) electrons. The average Bonchev–Trinajstić information content (AvgIpc) is 2.77. The largest absolute Gasteiger partial charge is 0.493 e. The van der Waals surface area contributed by atoms with Gasteiger partial charge in [0.25, 0.3) is 11.5 Å². The van der Waals surface area contributed by atoms with Crippen molar-refractivity contribution in [3.05, 3.63) is 39.3 Å². The highest BCUT2D eigenvalue weighted by Crippen LogP contribution is 2.37. The molecule has 1 aromatic carbocycles. The van der Waals surface area contributed by atoms with Crippen molar-refractivity contribution >= 4 is 22.5 Å². The van der Waals surface area contributed by atoms with E-state index < -0.39 is 0 Å². The molecule has 0 aliphatic carbocycles. The molecule has 0 fully saturated rings. The highest BCUT2D eigenvalue weighted by atomic mass is 16.3. The van der Waals surface area contributed by atoms with Crippen LogP contribution in [0.15, 0.2) is 27.2 Å². The number of hydrogen-bond acceptors (Lipinski definition) is 6. The van der Waals surface area contributed by atoms with Crippen LogP contribution in [0.5, 0.6) is 5.88 Å². The van der Waals surface area contributed by atoms with Gasteiger partial charge in [0.05, 0.1) is 5.52 Å². The summed E-state index contributed by atoms with van der Waals surface area (Å²) in [7, 11) is 0. The zero-order valence-electron chi connectivity index (χ0n) is 12.3. The molecule has 8 heteroatoms. The number of rotatable bonds is 2. The lowest BCUT2D eigenvalue weighted by Gasteiger charge is -1.98. The lowest BCUT2D eigenvalue weighted by molar-refractivity contribution is 0.459. The number of aromatic nitrogens is 4. The van der Waals surface area contributed by atoms with E-state index in [4.69, 9.17) is 0 Å². The Morgan fingerprint density at radius 2 is 1.86 bits per heavy atom. The van der Waals surface area contributed by atoms with Gasteiger partial charge in [-0.3, -0.25) is 9.78 Å². The van der Waals surface area contributed by atoms with Gasteiger partial charge in [-0.1, -0.05) is 11.6 Å². The fourth-order valence-corrected chi connectivity index (χ4v) is 2.25. The molecule has 22 heavy (non-hydrogen) atoms. The summed E-state index contributed by atoms with van der Waals surface area (Å²) >= 11 is 0. The van der Waals surface area contributed by atoms with E-state index in [9.17, 15) is 9.90 Å². The molecule has 112 valence electrons. The number of nitrogens with zero attached hydrogens (tertiary/aromatic N) is 4. The topological polar surface area (TPSA) is 119 Å². The zero-order valence-corrected chi connectivity index (χ0v) is 12.3. The van der Waals surface area contributed by atoms with E-state index in [1.54, 1.807) is 6.92 Å². The number of hydrogen-bond donors (Lipinski definition) is 3. The maximum Gasteiger partial charge on any atom is 0.274 e. The summed E-state index contributed by atoms with van der Waals surface area (Å²) in [6.45, 7) is 5.44. The molecule has 0 aliphatic heterocycles. The number of nitrogens with one attached hydrogen (secondary N) is 2. The first kappa shape index (κ1) is 13.9. The summed E-state index contributed by atoms with van der Waals surface area (Å²) in [6, 6.07) is 3.90. The standard InChI is InChI=1S/C14H14N6O2/c1-6-4-7(2)10-9(5-6)11(13(22)15-10)18-20-14-16-12(21)8(3)17-19-14/h4-5,15,22H,1-3H3,(H,16,19,21). The van der Waals surface area contributed by atoms with Crippen molar-refractivity contribution < 1.29 is 5.11 Å². The van der Waals surface area contributed by atoms with Gasteiger partial charge in [0.1, 0.15) is 5.69 Å². The van der Waals surface area contributed by atoms with Crippen LogP contribution in [0.1, 0.15) is 16.8 Å². The van der Waals surface area contributed by atoms with Gasteiger partial charge in [-0.05, 0) is 32.4 Å². The van der Waals surface area contributed by atoms with Crippen molar-refractivity contribution in [2.75, 3.05) is 0 Å². The summed E-state index contributed by atoms with van der Waals surface area (Å²) in [6.07, 6.45) is 0. The van der Waals surface area contributed by atoms with Crippen molar-refractivity contribution in [3.8, 4) is 5.88 Å². The predicted octanol–water partition coefficient (Wildman–Crippen LogP) is 2.69. The van der Waals surface area contributed by atoms with E-state index in [0.717, 1.165) is 22.0 Å². The number of benzene rings is 1. The highest BCUT2D eigenvalue weighted by Gasteiger charge is 2.13. The molecule has 0 unspecified atom stereocenters. The van der Waals surface area contributed by atoms with Crippen molar-refractivity contribution in [2.45, 2.75) is 20.8 Å². The second-order valence-electron chi connectivity index (χ2n) is 5.09. The molecular formula is C14H14N6O2. The Morgan fingerprint density at radius 1 is 1.09 bits per heavy atom. The Balaban J connectivity index is 2.10. The second kappa shape index (κ2) is 5.06. The van der Waals surface area contributed by atoms with Crippen molar-refractivity contribution in [1.29, 1.82) is 0 Å². The van der Waals surface area contributed by atoms with Gasteiger partial charge in [0, 0.05) is 5.39 Å². The fraction of sp³-hybridized carbons (Fsp3) is 0.214. The van der Waals surface area contributed by atoms with Crippen LogP contribution < -0.4 is 5.56 Å². The van der Waals surface area contributed by atoms with Gasteiger partial charge in [-0.2, -0.15) is 0 Å². The van der Waals surface area contributed by atoms with Crippen LogP contribution in [0.2, 0.25) is 0 Å². The molecular weight excluding hydrogens is 284 g/mol. The average molecular weight is 298 g/mol. The number of aromatic hydroxyl groups is 1. The van der Waals surface area contributed by atoms with Gasteiger partial charge in [-0.25, -0.2) is 0 Å². The van der Waals surface area contributed by atoms with Gasteiger partial charge >= 0.3 is 0 Å². The number of aromatic amines is 2. The van der Waals surface area contributed by atoms with E-state index in [1.807, 2.05) is 26.0 Å². The number of aryl methyl sites for hydroxylation is 3. The molecule has 2 aromatic heterocycles. The summed E-state index contributed by atoms with van der Waals surface area (Å²) in [5.74, 6) is -0.108. The van der Waals surface area contributed by atoms with Crippen LogP contribution in [0.25, 0.3) is 10.9 Å². The van der Waals surface area contributed by atoms with Crippen LogP contribution in [0, 0.1) is 20.8 Å². The van der Waals surface area contributed by atoms with E-state index in [-0.39, 0.29) is 23.1 Å². The fourth-order valence-electron chi connectivity index (χ4n) is 2.25. The third-order valence-electron chi connectivity index (χ3n) is 3.30. The lowest BCUT2D eigenvalue weighted by atomic mass is 10.1. The van der Waals surface area contributed by atoms with Crippen molar-refractivity contribution in [2.24, 2.45) is 10.2 Å². The summed E-state index contributed by atoms with van der Waals surface area (Å²) in [5.41, 5.74) is 3.00. The minimum absolute atomic E-state index is 0.0197. The van der Waals surface area contributed by atoms with E-state index in [0.29, 0.717) is 5.69 Å². The SMILES string of the molecule is Cc1cc(C)c2[nH]c(O)c(N=Nc3nnc(C)c(=O)[nH]3)c2c1. The molecule has 0 bridgehead atoms. The molecule has 3 aromatic rings. The van der Waals surface area contributed by atoms with E-state index >= 15 is 0 Å². The molecule has 2 heterocycles. The monoisotopic (exact) mass is 298 g/mol. The number of azo groups is 1. The van der Waals surface area contributed by atoms with E-state index in [2.05, 4.69) is 30.4 Å². The maximum atomic E-state index is 11.5. The van der Waals surface area contributed by atoms with Gasteiger partial charge in [0.2, 0.25) is 5.88 Å². The molecule has 0 saturated heterocycles. The summed E-state index contributed by atoms with van der Waals surface area (Å²) in [4.78, 5) is 16.8. The summed E-state index contributed by atoms with van der Waals surface area (Å²) in [5, 5.41) is 26.0. The first-order valence-corrected chi connectivity index (χ1v) is 6.63. The van der Waals surface area contributed by atoms with Gasteiger partial charge in [0.15, 0.2) is 5.69 Å². The minimum atomic E-state index is -0.376.